The van der Waals surface area contributed by atoms with Crippen molar-refractivity contribution < 1.29 is 14.1 Å². The van der Waals surface area contributed by atoms with Gasteiger partial charge in [0.15, 0.2) is 0 Å². The Hall–Kier alpha value is -2.28. The number of likely N-dealkylation sites (tertiary alicyclic amines) is 1. The fourth-order valence-electron chi connectivity index (χ4n) is 3.12. The predicted octanol–water partition coefficient (Wildman–Crippen LogP) is 2.15. The first kappa shape index (κ1) is 16.6. The number of carbonyl (C=O) groups excluding carboxylic acids is 1. The van der Waals surface area contributed by atoms with Crippen LogP contribution in [-0.2, 0) is 16.1 Å². The second-order valence-corrected chi connectivity index (χ2v) is 6.49. The topological polar surface area (TPSA) is 81.4 Å². The number of rotatable bonds is 5. The van der Waals surface area contributed by atoms with Crippen molar-refractivity contribution in [2.24, 2.45) is 11.8 Å². The van der Waals surface area contributed by atoms with Gasteiger partial charge in [-0.2, -0.15) is 4.98 Å². The quantitative estimate of drug-likeness (QED) is 0.835. The molecular weight excluding hydrogens is 308 g/mol. The normalized spacial score (nSPS) is 21.0. The third kappa shape index (κ3) is 4.17. The summed E-state index contributed by atoms with van der Waals surface area (Å²) in [7, 11) is 0. The van der Waals surface area contributed by atoms with Crippen LogP contribution in [0.2, 0.25) is 0 Å². The Kier molecular flexibility index (Phi) is 5.20. The van der Waals surface area contributed by atoms with E-state index in [1.807, 2.05) is 4.90 Å². The number of ether oxygens (including phenoxy) is 1. The van der Waals surface area contributed by atoms with Gasteiger partial charge in [0.25, 0.3) is 5.89 Å². The largest absolute Gasteiger partial charge is 0.362 e. The lowest BCUT2D eigenvalue weighted by molar-refractivity contribution is -0.139. The van der Waals surface area contributed by atoms with E-state index in [-0.39, 0.29) is 19.1 Å². The molecule has 0 radical (unpaired) electrons. The summed E-state index contributed by atoms with van der Waals surface area (Å²) in [5, 5.41) is 3.90. The maximum atomic E-state index is 12.2. The van der Waals surface area contributed by atoms with Crippen LogP contribution in [0.5, 0.6) is 0 Å². The smallest absolute Gasteiger partial charge is 0.252 e. The predicted molar refractivity (Wildman–Crippen MR) is 86.7 cm³/mol. The highest BCUT2D eigenvalue weighted by Crippen LogP contribution is 2.21. The van der Waals surface area contributed by atoms with E-state index in [2.05, 4.69) is 29.0 Å². The summed E-state index contributed by atoms with van der Waals surface area (Å²) in [6.07, 6.45) is 4.51. The van der Waals surface area contributed by atoms with E-state index in [4.69, 9.17) is 9.26 Å². The zero-order chi connectivity index (χ0) is 16.9. The Labute approximate surface area is 141 Å². The Balaban J connectivity index is 1.48. The average molecular weight is 330 g/mol. The SMILES string of the molecule is CC1CC(C)CN(C(=O)COCc2nc(-c3ccncc3)no2)C1. The molecule has 2 unspecified atom stereocenters. The fraction of sp³-hybridized carbons (Fsp3) is 0.529. The van der Waals surface area contributed by atoms with E-state index < -0.39 is 0 Å². The highest BCUT2D eigenvalue weighted by atomic mass is 16.5. The molecule has 0 N–H and O–H groups in total. The molecule has 2 atom stereocenters. The monoisotopic (exact) mass is 330 g/mol. The molecule has 1 amide bonds. The third-order valence-electron chi connectivity index (χ3n) is 4.08. The minimum Gasteiger partial charge on any atom is -0.362 e. The van der Waals surface area contributed by atoms with Crippen molar-refractivity contribution in [1.29, 1.82) is 0 Å². The van der Waals surface area contributed by atoms with Crippen molar-refractivity contribution >= 4 is 5.91 Å². The summed E-state index contributed by atoms with van der Waals surface area (Å²) in [6.45, 7) is 6.12. The molecule has 7 heteroatoms. The van der Waals surface area contributed by atoms with Crippen molar-refractivity contribution in [3.8, 4) is 11.4 Å². The molecule has 0 bridgehead atoms. The molecule has 24 heavy (non-hydrogen) atoms. The van der Waals surface area contributed by atoms with Gasteiger partial charge in [-0.05, 0) is 30.4 Å². The number of piperidine rings is 1. The zero-order valence-electron chi connectivity index (χ0n) is 14.0. The molecule has 128 valence electrons. The maximum Gasteiger partial charge on any atom is 0.252 e. The number of aromatic nitrogens is 3. The molecule has 7 nitrogen and oxygen atoms in total. The lowest BCUT2D eigenvalue weighted by Crippen LogP contribution is -2.44. The first-order valence-electron chi connectivity index (χ1n) is 8.20. The molecule has 1 saturated heterocycles. The minimum atomic E-state index is 0.0160. The standard InChI is InChI=1S/C17H22N4O3/c1-12-7-13(2)9-21(8-12)16(22)11-23-10-15-19-17(20-24-15)14-3-5-18-6-4-14/h3-6,12-13H,7-11H2,1-2H3. The van der Waals surface area contributed by atoms with Crippen molar-refractivity contribution in [3.63, 3.8) is 0 Å². The summed E-state index contributed by atoms with van der Waals surface area (Å²) < 4.78 is 10.6. The summed E-state index contributed by atoms with van der Waals surface area (Å²) in [5.41, 5.74) is 0.826. The van der Waals surface area contributed by atoms with E-state index in [0.29, 0.717) is 23.6 Å². The summed E-state index contributed by atoms with van der Waals surface area (Å²) in [6, 6.07) is 3.61. The molecule has 3 heterocycles. The summed E-state index contributed by atoms with van der Waals surface area (Å²) in [4.78, 5) is 22.3. The van der Waals surface area contributed by atoms with Crippen LogP contribution in [0.15, 0.2) is 29.0 Å². The van der Waals surface area contributed by atoms with Gasteiger partial charge in [0.05, 0.1) is 0 Å². The molecule has 0 aromatic carbocycles. The average Bonchev–Trinajstić information content (AvgIpc) is 3.03. The molecule has 1 aliphatic heterocycles. The second-order valence-electron chi connectivity index (χ2n) is 6.49. The van der Waals surface area contributed by atoms with Gasteiger partial charge in [-0.1, -0.05) is 19.0 Å². The van der Waals surface area contributed by atoms with Gasteiger partial charge in [-0.3, -0.25) is 9.78 Å². The zero-order valence-corrected chi connectivity index (χ0v) is 14.0. The number of hydrogen-bond donors (Lipinski definition) is 0. The Morgan fingerprint density at radius 2 is 2.00 bits per heavy atom. The Morgan fingerprint density at radius 1 is 1.29 bits per heavy atom. The first-order chi connectivity index (χ1) is 11.6. The molecule has 0 spiro atoms. The molecule has 0 saturated carbocycles. The van der Waals surface area contributed by atoms with Crippen LogP contribution in [0.25, 0.3) is 11.4 Å². The molecule has 1 aliphatic rings. The van der Waals surface area contributed by atoms with Gasteiger partial charge in [-0.15, -0.1) is 0 Å². The summed E-state index contributed by atoms with van der Waals surface area (Å²) >= 11 is 0. The highest BCUT2D eigenvalue weighted by Gasteiger charge is 2.25. The van der Waals surface area contributed by atoms with Gasteiger partial charge < -0.3 is 14.2 Å². The molecule has 0 aliphatic carbocycles. The van der Waals surface area contributed by atoms with Crippen LogP contribution in [0.4, 0.5) is 0 Å². The molecule has 2 aromatic rings. The Bertz CT molecular complexity index is 663. The number of hydrogen-bond acceptors (Lipinski definition) is 6. The van der Waals surface area contributed by atoms with Crippen molar-refractivity contribution in [3.05, 3.63) is 30.4 Å². The lowest BCUT2D eigenvalue weighted by atomic mass is 9.92. The number of amides is 1. The van der Waals surface area contributed by atoms with Crippen LogP contribution in [0.1, 0.15) is 26.2 Å². The van der Waals surface area contributed by atoms with Crippen molar-refractivity contribution in [1.82, 2.24) is 20.0 Å². The number of carbonyl (C=O) groups is 1. The second kappa shape index (κ2) is 7.53. The molecule has 1 fully saturated rings. The van der Waals surface area contributed by atoms with E-state index >= 15 is 0 Å². The Morgan fingerprint density at radius 3 is 2.71 bits per heavy atom. The van der Waals surface area contributed by atoms with Gasteiger partial charge in [-0.25, -0.2) is 0 Å². The van der Waals surface area contributed by atoms with E-state index in [1.54, 1.807) is 24.5 Å². The molecule has 2 aromatic heterocycles. The van der Waals surface area contributed by atoms with Crippen LogP contribution < -0.4 is 0 Å². The molecule has 3 rings (SSSR count). The van der Waals surface area contributed by atoms with E-state index in [1.165, 1.54) is 6.42 Å². The van der Waals surface area contributed by atoms with Crippen LogP contribution in [0.3, 0.4) is 0 Å². The van der Waals surface area contributed by atoms with Gasteiger partial charge in [0, 0.05) is 31.0 Å². The number of nitrogens with zero attached hydrogens (tertiary/aromatic N) is 4. The van der Waals surface area contributed by atoms with Crippen LogP contribution in [-0.4, -0.2) is 45.6 Å². The van der Waals surface area contributed by atoms with Crippen LogP contribution >= 0.6 is 0 Å². The van der Waals surface area contributed by atoms with E-state index in [0.717, 1.165) is 18.7 Å². The van der Waals surface area contributed by atoms with Crippen LogP contribution in [0, 0.1) is 11.8 Å². The van der Waals surface area contributed by atoms with Gasteiger partial charge >= 0.3 is 0 Å². The van der Waals surface area contributed by atoms with Gasteiger partial charge in [0.1, 0.15) is 13.2 Å². The summed E-state index contributed by atoms with van der Waals surface area (Å²) in [5.74, 6) is 1.94. The lowest BCUT2D eigenvalue weighted by Gasteiger charge is -2.34. The van der Waals surface area contributed by atoms with Gasteiger partial charge in [0.2, 0.25) is 11.7 Å². The first-order valence-corrected chi connectivity index (χ1v) is 8.20. The number of pyridine rings is 1. The van der Waals surface area contributed by atoms with Crippen molar-refractivity contribution in [2.75, 3.05) is 19.7 Å². The minimum absolute atomic E-state index is 0.0160. The fourth-order valence-corrected chi connectivity index (χ4v) is 3.12. The maximum absolute atomic E-state index is 12.2. The van der Waals surface area contributed by atoms with Crippen molar-refractivity contribution in [2.45, 2.75) is 26.9 Å². The molecular formula is C17H22N4O3. The third-order valence-corrected chi connectivity index (χ3v) is 4.08. The highest BCUT2D eigenvalue weighted by molar-refractivity contribution is 5.77. The van der Waals surface area contributed by atoms with E-state index in [9.17, 15) is 4.79 Å².